The van der Waals surface area contributed by atoms with Crippen LogP contribution in [0.25, 0.3) is 16.8 Å². The predicted molar refractivity (Wildman–Crippen MR) is 116 cm³/mol. The monoisotopic (exact) mass is 429 g/mol. The third-order valence-corrected chi connectivity index (χ3v) is 5.76. The second-order valence-corrected chi connectivity index (χ2v) is 8.20. The molecule has 28 heavy (non-hydrogen) atoms. The topological polar surface area (TPSA) is 38.3 Å². The summed E-state index contributed by atoms with van der Waals surface area (Å²) in [6, 6.07) is 16.1. The Morgan fingerprint density at radius 3 is 2.57 bits per heavy atom. The summed E-state index contributed by atoms with van der Waals surface area (Å²) in [6.07, 6.45) is 1.73. The molecule has 1 aliphatic rings. The molecule has 3 aromatic carbocycles. The number of fused-ring (bicyclic) bond motifs is 1. The van der Waals surface area contributed by atoms with E-state index in [0.29, 0.717) is 25.6 Å². The van der Waals surface area contributed by atoms with Crippen molar-refractivity contribution in [2.45, 2.75) is 6.61 Å². The van der Waals surface area contributed by atoms with Crippen molar-refractivity contribution in [2.75, 3.05) is 0 Å². The molecule has 1 amide bonds. The zero-order valence-electron chi connectivity index (χ0n) is 14.4. The molecular weight excluding hydrogens is 417 g/mol. The Labute approximate surface area is 175 Å². The SMILES string of the molecule is O=C1NC(=S)SC1=Cc1cc2ccccc2cc1OCc1c(F)cccc1Cl. The number of carbonyl (C=O) groups excluding carboxylic acids is 1. The van der Waals surface area contributed by atoms with E-state index in [-0.39, 0.29) is 18.1 Å². The van der Waals surface area contributed by atoms with E-state index in [0.717, 1.165) is 10.8 Å². The first-order chi connectivity index (χ1) is 13.5. The van der Waals surface area contributed by atoms with E-state index in [2.05, 4.69) is 5.32 Å². The van der Waals surface area contributed by atoms with E-state index in [1.165, 1.54) is 17.8 Å². The molecule has 140 valence electrons. The van der Waals surface area contributed by atoms with Gasteiger partial charge in [0.2, 0.25) is 0 Å². The van der Waals surface area contributed by atoms with Gasteiger partial charge in [0.05, 0.1) is 9.93 Å². The van der Waals surface area contributed by atoms with Crippen LogP contribution in [-0.4, -0.2) is 10.2 Å². The van der Waals surface area contributed by atoms with E-state index < -0.39 is 5.82 Å². The summed E-state index contributed by atoms with van der Waals surface area (Å²) < 4.78 is 20.4. The summed E-state index contributed by atoms with van der Waals surface area (Å²) in [5.41, 5.74) is 0.985. The second-order valence-electron chi connectivity index (χ2n) is 6.08. The minimum absolute atomic E-state index is 0.0300. The Hall–Kier alpha value is -2.41. The number of halogens is 2. The molecule has 1 heterocycles. The van der Waals surface area contributed by atoms with Gasteiger partial charge in [-0.2, -0.15) is 0 Å². The number of benzene rings is 3. The molecule has 0 bridgehead atoms. The van der Waals surface area contributed by atoms with Crippen molar-refractivity contribution in [3.05, 3.63) is 81.5 Å². The lowest BCUT2D eigenvalue weighted by atomic mass is 10.1. The standard InChI is InChI=1S/C21H13ClFNO2S2/c22-16-6-3-7-17(23)15(16)11-26-18-9-13-5-2-1-4-12(13)8-14(18)10-19-20(25)24-21(27)28-19/h1-10H,11H2,(H,24,25,27). The summed E-state index contributed by atoms with van der Waals surface area (Å²) in [7, 11) is 0. The van der Waals surface area contributed by atoms with Crippen molar-refractivity contribution in [1.29, 1.82) is 0 Å². The molecule has 1 N–H and O–H groups in total. The number of thioether (sulfide) groups is 1. The van der Waals surface area contributed by atoms with Crippen LogP contribution in [0.4, 0.5) is 4.39 Å². The Bertz CT molecular complexity index is 1130. The van der Waals surface area contributed by atoms with Crippen LogP contribution in [0.3, 0.4) is 0 Å². The smallest absolute Gasteiger partial charge is 0.263 e. The minimum Gasteiger partial charge on any atom is -0.488 e. The van der Waals surface area contributed by atoms with Crippen molar-refractivity contribution in [3.63, 3.8) is 0 Å². The summed E-state index contributed by atoms with van der Waals surface area (Å²) in [5.74, 6) is -0.146. The number of hydrogen-bond acceptors (Lipinski definition) is 4. The number of thiocarbonyl (C=S) groups is 1. The van der Waals surface area contributed by atoms with Gasteiger partial charge in [-0.05, 0) is 41.1 Å². The first kappa shape index (κ1) is 18.9. The van der Waals surface area contributed by atoms with Crippen molar-refractivity contribution in [1.82, 2.24) is 5.32 Å². The molecule has 0 atom stereocenters. The molecule has 3 nitrogen and oxygen atoms in total. The molecule has 1 aliphatic heterocycles. The van der Waals surface area contributed by atoms with Crippen LogP contribution in [0.5, 0.6) is 5.75 Å². The number of nitrogens with one attached hydrogen (secondary N) is 1. The maximum Gasteiger partial charge on any atom is 0.263 e. The summed E-state index contributed by atoms with van der Waals surface area (Å²) in [6.45, 7) is -0.0300. The molecule has 3 aromatic rings. The van der Waals surface area contributed by atoms with Gasteiger partial charge in [0.1, 0.15) is 22.5 Å². The lowest BCUT2D eigenvalue weighted by Gasteiger charge is -2.13. The molecule has 4 rings (SSSR count). The first-order valence-electron chi connectivity index (χ1n) is 8.34. The molecule has 7 heteroatoms. The summed E-state index contributed by atoms with van der Waals surface area (Å²) in [5, 5.41) is 4.87. The van der Waals surface area contributed by atoms with Gasteiger partial charge in [0.25, 0.3) is 5.91 Å². The average molecular weight is 430 g/mol. The highest BCUT2D eigenvalue weighted by atomic mass is 35.5. The molecule has 0 radical (unpaired) electrons. The Morgan fingerprint density at radius 1 is 1.14 bits per heavy atom. The minimum atomic E-state index is -0.427. The van der Waals surface area contributed by atoms with Crippen LogP contribution in [0.2, 0.25) is 5.02 Å². The highest BCUT2D eigenvalue weighted by Gasteiger charge is 2.22. The van der Waals surface area contributed by atoms with Crippen LogP contribution >= 0.6 is 35.6 Å². The number of rotatable bonds is 4. The molecule has 1 saturated heterocycles. The maximum atomic E-state index is 14.1. The molecule has 0 unspecified atom stereocenters. The molecule has 0 saturated carbocycles. The Morgan fingerprint density at radius 2 is 1.89 bits per heavy atom. The van der Waals surface area contributed by atoms with Crippen molar-refractivity contribution < 1.29 is 13.9 Å². The van der Waals surface area contributed by atoms with Gasteiger partial charge in [0.15, 0.2) is 0 Å². The molecule has 0 aromatic heterocycles. The number of hydrogen-bond donors (Lipinski definition) is 1. The summed E-state index contributed by atoms with van der Waals surface area (Å²) >= 11 is 12.3. The predicted octanol–water partition coefficient (Wildman–Crippen LogP) is 5.70. The van der Waals surface area contributed by atoms with Gasteiger partial charge in [-0.1, -0.05) is 65.9 Å². The molecular formula is C21H13ClFNO2S2. The third kappa shape index (κ3) is 3.90. The largest absolute Gasteiger partial charge is 0.488 e. The molecule has 0 aliphatic carbocycles. The van der Waals surface area contributed by atoms with Crippen LogP contribution in [0.1, 0.15) is 11.1 Å². The lowest BCUT2D eigenvalue weighted by molar-refractivity contribution is -0.115. The summed E-state index contributed by atoms with van der Waals surface area (Å²) in [4.78, 5) is 12.5. The Balaban J connectivity index is 1.74. The Kier molecular flexibility index (Phi) is 5.35. The van der Waals surface area contributed by atoms with Crippen molar-refractivity contribution >= 4 is 62.7 Å². The van der Waals surface area contributed by atoms with Gasteiger partial charge in [-0.25, -0.2) is 4.39 Å². The van der Waals surface area contributed by atoms with E-state index in [4.69, 9.17) is 28.6 Å². The van der Waals surface area contributed by atoms with Gasteiger partial charge in [-0.3, -0.25) is 4.79 Å². The number of amides is 1. The zero-order chi connectivity index (χ0) is 19.7. The van der Waals surface area contributed by atoms with Gasteiger partial charge >= 0.3 is 0 Å². The molecule has 1 fully saturated rings. The maximum absolute atomic E-state index is 14.1. The van der Waals surface area contributed by atoms with Gasteiger partial charge in [-0.15, -0.1) is 0 Å². The second kappa shape index (κ2) is 7.91. The van der Waals surface area contributed by atoms with E-state index in [9.17, 15) is 9.18 Å². The third-order valence-electron chi connectivity index (χ3n) is 4.24. The van der Waals surface area contributed by atoms with E-state index in [1.807, 2.05) is 36.4 Å². The first-order valence-corrected chi connectivity index (χ1v) is 9.95. The fourth-order valence-electron chi connectivity index (χ4n) is 2.86. The average Bonchev–Trinajstić information content (AvgIpc) is 2.98. The number of carbonyl (C=O) groups is 1. The fraction of sp³-hybridized carbons (Fsp3) is 0.0476. The highest BCUT2D eigenvalue weighted by molar-refractivity contribution is 8.26. The van der Waals surface area contributed by atoms with E-state index >= 15 is 0 Å². The van der Waals surface area contributed by atoms with Crippen LogP contribution < -0.4 is 10.1 Å². The molecule has 0 spiro atoms. The zero-order valence-corrected chi connectivity index (χ0v) is 16.8. The quantitative estimate of drug-likeness (QED) is 0.426. The van der Waals surface area contributed by atoms with Crippen LogP contribution in [0, 0.1) is 5.82 Å². The van der Waals surface area contributed by atoms with E-state index in [1.54, 1.807) is 18.2 Å². The lowest BCUT2D eigenvalue weighted by Crippen LogP contribution is -2.17. The van der Waals surface area contributed by atoms with Crippen LogP contribution in [0.15, 0.2) is 59.5 Å². The van der Waals surface area contributed by atoms with Gasteiger partial charge < -0.3 is 10.1 Å². The highest BCUT2D eigenvalue weighted by Crippen LogP contribution is 2.33. The van der Waals surface area contributed by atoms with Crippen molar-refractivity contribution in [3.8, 4) is 5.75 Å². The fourth-order valence-corrected chi connectivity index (χ4v) is 4.11. The number of ether oxygens (including phenoxy) is 1. The van der Waals surface area contributed by atoms with Gasteiger partial charge in [0, 0.05) is 11.1 Å². The normalized spacial score (nSPS) is 15.3. The van der Waals surface area contributed by atoms with Crippen LogP contribution in [-0.2, 0) is 11.4 Å². The van der Waals surface area contributed by atoms with Crippen molar-refractivity contribution in [2.24, 2.45) is 0 Å².